The van der Waals surface area contributed by atoms with E-state index in [9.17, 15) is 17.2 Å². The maximum atomic E-state index is 13.8. The SMILES string of the molecule is Cc1ncn(-c2cc(Oc3ccc(NS(=O)(=O)c4ccc(F)cc4F)cc3)ncn2)c1C. The van der Waals surface area contributed by atoms with E-state index in [-0.39, 0.29) is 11.6 Å². The Morgan fingerprint density at radius 2 is 1.72 bits per heavy atom. The van der Waals surface area contributed by atoms with Crippen molar-refractivity contribution in [1.29, 1.82) is 0 Å². The first-order valence-electron chi connectivity index (χ1n) is 9.32. The van der Waals surface area contributed by atoms with Crippen molar-refractivity contribution < 1.29 is 21.9 Å². The number of hydrogen-bond acceptors (Lipinski definition) is 6. The number of benzene rings is 2. The zero-order valence-electron chi connectivity index (χ0n) is 17.0. The van der Waals surface area contributed by atoms with Crippen LogP contribution in [-0.2, 0) is 10.0 Å². The van der Waals surface area contributed by atoms with Gasteiger partial charge in [-0.3, -0.25) is 9.29 Å². The summed E-state index contributed by atoms with van der Waals surface area (Å²) in [4.78, 5) is 11.9. The van der Waals surface area contributed by atoms with Gasteiger partial charge in [-0.1, -0.05) is 0 Å². The molecule has 2 aromatic heterocycles. The number of anilines is 1. The molecule has 0 fully saturated rings. The Labute approximate surface area is 182 Å². The zero-order chi connectivity index (χ0) is 22.9. The zero-order valence-corrected chi connectivity index (χ0v) is 17.8. The highest BCUT2D eigenvalue weighted by atomic mass is 32.2. The summed E-state index contributed by atoms with van der Waals surface area (Å²) in [5.41, 5.74) is 1.99. The van der Waals surface area contributed by atoms with Gasteiger partial charge in [0.15, 0.2) is 0 Å². The van der Waals surface area contributed by atoms with E-state index in [2.05, 4.69) is 19.7 Å². The summed E-state index contributed by atoms with van der Waals surface area (Å²) in [6.07, 6.45) is 3.01. The van der Waals surface area contributed by atoms with Crippen LogP contribution in [-0.4, -0.2) is 27.9 Å². The lowest BCUT2D eigenvalue weighted by molar-refractivity contribution is 0.461. The summed E-state index contributed by atoms with van der Waals surface area (Å²) >= 11 is 0. The van der Waals surface area contributed by atoms with Crippen LogP contribution in [0.5, 0.6) is 11.6 Å². The summed E-state index contributed by atoms with van der Waals surface area (Å²) in [5, 5.41) is 0. The Morgan fingerprint density at radius 1 is 0.969 bits per heavy atom. The molecule has 0 radical (unpaired) electrons. The molecule has 0 spiro atoms. The van der Waals surface area contributed by atoms with Crippen LogP contribution >= 0.6 is 0 Å². The van der Waals surface area contributed by atoms with Crippen LogP contribution < -0.4 is 9.46 Å². The van der Waals surface area contributed by atoms with E-state index in [1.165, 1.54) is 30.6 Å². The van der Waals surface area contributed by atoms with Gasteiger partial charge in [-0.05, 0) is 50.2 Å². The lowest BCUT2D eigenvalue weighted by Crippen LogP contribution is -2.14. The maximum Gasteiger partial charge on any atom is 0.264 e. The van der Waals surface area contributed by atoms with E-state index < -0.39 is 26.6 Å². The quantitative estimate of drug-likeness (QED) is 0.467. The number of aromatic nitrogens is 4. The summed E-state index contributed by atoms with van der Waals surface area (Å²) < 4.78 is 61.4. The van der Waals surface area contributed by atoms with Crippen molar-refractivity contribution in [2.45, 2.75) is 18.7 Å². The van der Waals surface area contributed by atoms with Gasteiger partial charge in [-0.15, -0.1) is 0 Å². The number of halogens is 2. The second-order valence-electron chi connectivity index (χ2n) is 6.81. The third-order valence-electron chi connectivity index (χ3n) is 4.64. The van der Waals surface area contributed by atoms with Crippen LogP contribution in [0.15, 0.2) is 66.1 Å². The molecule has 0 atom stereocenters. The Bertz CT molecular complexity index is 1390. The van der Waals surface area contributed by atoms with Gasteiger partial charge in [-0.25, -0.2) is 32.2 Å². The molecule has 8 nitrogen and oxygen atoms in total. The van der Waals surface area contributed by atoms with Crippen molar-refractivity contribution in [3.8, 4) is 17.4 Å². The van der Waals surface area contributed by atoms with Gasteiger partial charge in [0.05, 0.1) is 5.69 Å². The van der Waals surface area contributed by atoms with Crippen LogP contribution in [0, 0.1) is 25.5 Å². The molecule has 0 bridgehead atoms. The Morgan fingerprint density at radius 3 is 2.38 bits per heavy atom. The fourth-order valence-electron chi connectivity index (χ4n) is 2.86. The first kappa shape index (κ1) is 21.4. The molecule has 4 rings (SSSR count). The van der Waals surface area contributed by atoms with Crippen molar-refractivity contribution in [2.75, 3.05) is 4.72 Å². The summed E-state index contributed by atoms with van der Waals surface area (Å²) in [6, 6.07) is 9.81. The predicted octanol–water partition coefficient (Wildman–Crippen LogP) is 4.15. The normalized spacial score (nSPS) is 11.4. The monoisotopic (exact) mass is 457 g/mol. The number of ether oxygens (including phenoxy) is 1. The maximum absolute atomic E-state index is 13.8. The molecule has 1 N–H and O–H groups in total. The van der Waals surface area contributed by atoms with E-state index >= 15 is 0 Å². The van der Waals surface area contributed by atoms with Gasteiger partial charge in [0, 0.05) is 23.5 Å². The van der Waals surface area contributed by atoms with Crippen molar-refractivity contribution in [2.24, 2.45) is 0 Å². The Kier molecular flexibility index (Phi) is 5.57. The number of hydrogen-bond donors (Lipinski definition) is 1. The molecule has 11 heteroatoms. The van der Waals surface area contributed by atoms with Gasteiger partial charge >= 0.3 is 0 Å². The highest BCUT2D eigenvalue weighted by Gasteiger charge is 2.19. The molecule has 164 valence electrons. The fourth-order valence-corrected chi connectivity index (χ4v) is 3.98. The topological polar surface area (TPSA) is 99.0 Å². The second kappa shape index (κ2) is 8.35. The largest absolute Gasteiger partial charge is 0.439 e. The molecule has 0 aliphatic rings. The number of nitrogens with one attached hydrogen (secondary N) is 1. The van der Waals surface area contributed by atoms with E-state index in [1.807, 2.05) is 13.8 Å². The van der Waals surface area contributed by atoms with E-state index in [0.717, 1.165) is 23.5 Å². The summed E-state index contributed by atoms with van der Waals surface area (Å²) in [5.74, 6) is -0.792. The van der Waals surface area contributed by atoms with Crippen LogP contribution in [0.2, 0.25) is 0 Å². The van der Waals surface area contributed by atoms with Crippen LogP contribution in [0.3, 0.4) is 0 Å². The number of sulfonamides is 1. The predicted molar refractivity (Wildman–Crippen MR) is 112 cm³/mol. The van der Waals surface area contributed by atoms with Gasteiger partial charge in [-0.2, -0.15) is 0 Å². The minimum Gasteiger partial charge on any atom is -0.439 e. The first-order valence-corrected chi connectivity index (χ1v) is 10.8. The highest BCUT2D eigenvalue weighted by Crippen LogP contribution is 2.25. The number of imidazole rings is 1. The molecule has 0 saturated heterocycles. The molecule has 0 aliphatic carbocycles. The molecule has 2 heterocycles. The molecular formula is C21H17F2N5O3S. The molecular weight excluding hydrogens is 440 g/mol. The third kappa shape index (κ3) is 4.42. The Balaban J connectivity index is 1.50. The number of rotatable bonds is 6. The molecule has 0 saturated carbocycles. The lowest BCUT2D eigenvalue weighted by Gasteiger charge is -2.10. The van der Waals surface area contributed by atoms with E-state index in [0.29, 0.717) is 17.6 Å². The van der Waals surface area contributed by atoms with Crippen LogP contribution in [0.1, 0.15) is 11.4 Å². The molecule has 0 amide bonds. The molecule has 4 aromatic rings. The third-order valence-corrected chi connectivity index (χ3v) is 6.05. The minimum atomic E-state index is -4.23. The minimum absolute atomic E-state index is 0.175. The highest BCUT2D eigenvalue weighted by molar-refractivity contribution is 7.92. The van der Waals surface area contributed by atoms with Crippen molar-refractivity contribution in [1.82, 2.24) is 19.5 Å². The van der Waals surface area contributed by atoms with Gasteiger partial charge < -0.3 is 4.74 Å². The molecule has 2 aromatic carbocycles. The van der Waals surface area contributed by atoms with Gasteiger partial charge in [0.2, 0.25) is 5.88 Å². The average Bonchev–Trinajstić information content (AvgIpc) is 3.08. The molecule has 32 heavy (non-hydrogen) atoms. The lowest BCUT2D eigenvalue weighted by atomic mass is 10.3. The summed E-state index contributed by atoms with van der Waals surface area (Å²) in [7, 11) is -4.23. The van der Waals surface area contributed by atoms with Crippen molar-refractivity contribution in [3.63, 3.8) is 0 Å². The van der Waals surface area contributed by atoms with Crippen LogP contribution in [0.25, 0.3) is 5.82 Å². The standard InChI is InChI=1S/C21H17F2N5O3S/c1-13-14(2)28(12-26-13)20-10-21(25-11-24-20)31-17-6-4-16(5-7-17)27-32(29,30)19-8-3-15(22)9-18(19)23/h3-12,27H,1-2H3. The molecule has 0 aliphatic heterocycles. The molecule has 0 unspecified atom stereocenters. The number of aryl methyl sites for hydroxylation is 1. The van der Waals surface area contributed by atoms with Crippen molar-refractivity contribution >= 4 is 15.7 Å². The van der Waals surface area contributed by atoms with E-state index in [4.69, 9.17) is 4.74 Å². The van der Waals surface area contributed by atoms with Crippen molar-refractivity contribution in [3.05, 3.63) is 84.2 Å². The fraction of sp³-hybridized carbons (Fsp3) is 0.0952. The van der Waals surface area contributed by atoms with Crippen LogP contribution in [0.4, 0.5) is 14.5 Å². The Hall–Kier alpha value is -3.86. The smallest absolute Gasteiger partial charge is 0.264 e. The average molecular weight is 457 g/mol. The van der Waals surface area contributed by atoms with Gasteiger partial charge in [0.1, 0.15) is 40.8 Å². The van der Waals surface area contributed by atoms with Gasteiger partial charge in [0.25, 0.3) is 10.0 Å². The first-order chi connectivity index (χ1) is 15.2. The number of nitrogens with zero attached hydrogens (tertiary/aromatic N) is 4. The summed E-state index contributed by atoms with van der Waals surface area (Å²) in [6.45, 7) is 3.81. The second-order valence-corrected chi connectivity index (χ2v) is 8.46. The van der Waals surface area contributed by atoms with E-state index in [1.54, 1.807) is 17.0 Å².